The number of benzene rings is 2. The first-order valence-corrected chi connectivity index (χ1v) is 10.7. The summed E-state index contributed by atoms with van der Waals surface area (Å²) >= 11 is 1.26. The van der Waals surface area contributed by atoms with E-state index in [-0.39, 0.29) is 11.5 Å². The monoisotopic (exact) mass is 467 g/mol. The first kappa shape index (κ1) is 22.2. The normalized spacial score (nSPS) is 13.9. The van der Waals surface area contributed by atoms with Gasteiger partial charge in [0.05, 0.1) is 34.0 Å². The predicted octanol–water partition coefficient (Wildman–Crippen LogP) is 5.05. The van der Waals surface area contributed by atoms with Crippen molar-refractivity contribution in [1.82, 2.24) is 0 Å². The molecule has 3 aromatic rings. The van der Waals surface area contributed by atoms with Crippen LogP contribution in [0.25, 0.3) is 0 Å². The lowest BCUT2D eigenvalue weighted by molar-refractivity contribution is -0.393. The van der Waals surface area contributed by atoms with E-state index in [1.165, 1.54) is 17.4 Å². The number of carbonyl (C=O) groups excluding carboxylic acids is 1. The molecule has 1 aliphatic rings. The Morgan fingerprint density at radius 2 is 1.64 bits per heavy atom. The van der Waals surface area contributed by atoms with E-state index in [9.17, 15) is 25.0 Å². The average molecular weight is 467 g/mol. The van der Waals surface area contributed by atoms with Crippen molar-refractivity contribution in [3.05, 3.63) is 85.3 Å². The molecule has 4 rings (SSSR count). The number of morpholine rings is 1. The quantitative estimate of drug-likeness (QED) is 0.205. The zero-order valence-electron chi connectivity index (χ0n) is 17.1. The molecule has 12 heteroatoms. The number of hydrogen-bond acceptors (Lipinski definition) is 10. The van der Waals surface area contributed by atoms with E-state index in [1.54, 1.807) is 30.3 Å². The molecule has 33 heavy (non-hydrogen) atoms. The molecule has 1 aromatic heterocycles. The molecule has 168 valence electrons. The second-order valence-electron chi connectivity index (χ2n) is 6.98. The minimum Gasteiger partial charge on any atom is -0.378 e. The SMILES string of the molecule is O=C(c1ccccc1)c1cc(N=Nc2ccc([N+](=O)[O-])cc2[N+](=O)[O-])c(N2CCOCC2)s1. The van der Waals surface area contributed by atoms with E-state index < -0.39 is 21.2 Å². The molecule has 0 radical (unpaired) electrons. The highest BCUT2D eigenvalue weighted by Crippen LogP contribution is 2.41. The zero-order chi connectivity index (χ0) is 23.4. The maximum Gasteiger partial charge on any atom is 0.303 e. The number of azo groups is 1. The molecule has 0 spiro atoms. The largest absolute Gasteiger partial charge is 0.378 e. The van der Waals surface area contributed by atoms with Crippen LogP contribution >= 0.6 is 11.3 Å². The molecular formula is C21H17N5O6S. The maximum atomic E-state index is 13.0. The van der Waals surface area contributed by atoms with Gasteiger partial charge >= 0.3 is 5.69 Å². The van der Waals surface area contributed by atoms with E-state index in [0.717, 1.165) is 12.1 Å². The van der Waals surface area contributed by atoms with Gasteiger partial charge in [0.1, 0.15) is 10.7 Å². The third-order valence-electron chi connectivity index (χ3n) is 4.88. The second-order valence-corrected chi connectivity index (χ2v) is 8.01. The summed E-state index contributed by atoms with van der Waals surface area (Å²) in [5.41, 5.74) is -0.158. The summed E-state index contributed by atoms with van der Waals surface area (Å²) in [6, 6.07) is 13.6. The Hall–Kier alpha value is -4.03. The summed E-state index contributed by atoms with van der Waals surface area (Å²) in [5.74, 6) is -0.169. The fourth-order valence-corrected chi connectivity index (χ4v) is 4.35. The molecule has 0 saturated carbocycles. The molecule has 1 aliphatic heterocycles. The van der Waals surface area contributed by atoms with Crippen LogP contribution < -0.4 is 4.90 Å². The van der Waals surface area contributed by atoms with Crippen LogP contribution in [0, 0.1) is 20.2 Å². The number of ketones is 1. The standard InChI is InChI=1S/C21H17N5O6S/c27-20(14-4-2-1-3-5-14)19-13-17(21(33-19)24-8-10-32-11-9-24)23-22-16-7-6-15(25(28)29)12-18(16)26(30)31/h1-7,12-13H,8-11H2. The molecular weight excluding hydrogens is 450 g/mol. The third-order valence-corrected chi connectivity index (χ3v) is 6.07. The van der Waals surface area contributed by atoms with Crippen LogP contribution in [0.2, 0.25) is 0 Å². The van der Waals surface area contributed by atoms with Crippen LogP contribution in [0.5, 0.6) is 0 Å². The number of carbonyl (C=O) groups is 1. The summed E-state index contributed by atoms with van der Waals surface area (Å²) in [6.07, 6.45) is 0. The topological polar surface area (TPSA) is 141 Å². The van der Waals surface area contributed by atoms with E-state index >= 15 is 0 Å². The van der Waals surface area contributed by atoms with Crippen LogP contribution in [0.1, 0.15) is 15.2 Å². The first-order valence-electron chi connectivity index (χ1n) is 9.85. The Bertz CT molecular complexity index is 1240. The van der Waals surface area contributed by atoms with E-state index in [0.29, 0.717) is 47.4 Å². The highest BCUT2D eigenvalue weighted by Gasteiger charge is 2.23. The van der Waals surface area contributed by atoms with Crippen LogP contribution in [-0.2, 0) is 4.74 Å². The van der Waals surface area contributed by atoms with Crippen molar-refractivity contribution in [3.8, 4) is 0 Å². The van der Waals surface area contributed by atoms with Crippen LogP contribution in [-0.4, -0.2) is 41.9 Å². The Morgan fingerprint density at radius 3 is 2.30 bits per heavy atom. The maximum absolute atomic E-state index is 13.0. The number of nitrogens with zero attached hydrogens (tertiary/aromatic N) is 5. The van der Waals surface area contributed by atoms with Crippen molar-refractivity contribution < 1.29 is 19.4 Å². The lowest BCUT2D eigenvalue weighted by Gasteiger charge is -2.27. The van der Waals surface area contributed by atoms with Gasteiger partial charge in [-0.3, -0.25) is 25.0 Å². The van der Waals surface area contributed by atoms with Gasteiger partial charge in [-0.05, 0) is 12.1 Å². The second kappa shape index (κ2) is 9.63. The fourth-order valence-electron chi connectivity index (χ4n) is 3.24. The Balaban J connectivity index is 1.72. The van der Waals surface area contributed by atoms with E-state index in [2.05, 4.69) is 10.2 Å². The van der Waals surface area contributed by atoms with Crippen molar-refractivity contribution in [2.75, 3.05) is 31.2 Å². The molecule has 11 nitrogen and oxygen atoms in total. The number of hydrogen-bond donors (Lipinski definition) is 0. The Labute approximate surface area is 191 Å². The molecule has 0 unspecified atom stereocenters. The van der Waals surface area contributed by atoms with Crippen LogP contribution in [0.3, 0.4) is 0 Å². The molecule has 0 amide bonds. The van der Waals surface area contributed by atoms with Gasteiger partial charge in [-0.2, -0.15) is 0 Å². The van der Waals surface area contributed by atoms with Gasteiger partial charge in [-0.15, -0.1) is 21.6 Å². The first-order chi connectivity index (χ1) is 15.9. The van der Waals surface area contributed by atoms with E-state index in [4.69, 9.17) is 4.74 Å². The molecule has 0 N–H and O–H groups in total. The third kappa shape index (κ3) is 4.91. The number of rotatable bonds is 7. The highest BCUT2D eigenvalue weighted by molar-refractivity contribution is 7.18. The lowest BCUT2D eigenvalue weighted by atomic mass is 10.1. The minimum absolute atomic E-state index is 0.124. The molecule has 0 bridgehead atoms. The van der Waals surface area contributed by atoms with E-state index in [1.807, 2.05) is 11.0 Å². The molecule has 2 aromatic carbocycles. The summed E-state index contributed by atoms with van der Waals surface area (Å²) < 4.78 is 5.40. The molecule has 2 heterocycles. The number of anilines is 1. The summed E-state index contributed by atoms with van der Waals surface area (Å²) in [4.78, 5) is 36.3. The van der Waals surface area contributed by atoms with Crippen molar-refractivity contribution in [1.29, 1.82) is 0 Å². The minimum atomic E-state index is -0.748. The van der Waals surface area contributed by atoms with Gasteiger partial charge in [0.2, 0.25) is 5.78 Å². The molecule has 1 fully saturated rings. The van der Waals surface area contributed by atoms with Gasteiger partial charge < -0.3 is 9.64 Å². The summed E-state index contributed by atoms with van der Waals surface area (Å²) in [5, 5.41) is 31.2. The average Bonchev–Trinajstić information content (AvgIpc) is 3.27. The Morgan fingerprint density at radius 1 is 0.939 bits per heavy atom. The Kier molecular flexibility index (Phi) is 6.47. The lowest BCUT2D eigenvalue weighted by Crippen LogP contribution is -2.35. The fraction of sp³-hybridized carbons (Fsp3) is 0.190. The highest BCUT2D eigenvalue weighted by atomic mass is 32.1. The number of thiophene rings is 1. The number of nitro benzene ring substituents is 2. The molecule has 1 saturated heterocycles. The number of nitro groups is 2. The molecule has 0 atom stereocenters. The number of non-ortho nitro benzene ring substituents is 1. The zero-order valence-corrected chi connectivity index (χ0v) is 17.9. The van der Waals surface area contributed by atoms with Gasteiger partial charge in [-0.25, -0.2) is 0 Å². The van der Waals surface area contributed by atoms with Crippen LogP contribution in [0.4, 0.5) is 27.8 Å². The van der Waals surface area contributed by atoms with Gasteiger partial charge in [-0.1, -0.05) is 30.3 Å². The van der Waals surface area contributed by atoms with Crippen molar-refractivity contribution >= 4 is 44.9 Å². The molecule has 0 aliphatic carbocycles. The summed E-state index contributed by atoms with van der Waals surface area (Å²) in [6.45, 7) is 2.23. The van der Waals surface area contributed by atoms with Crippen molar-refractivity contribution in [2.45, 2.75) is 0 Å². The predicted molar refractivity (Wildman–Crippen MR) is 121 cm³/mol. The summed E-state index contributed by atoms with van der Waals surface area (Å²) in [7, 11) is 0. The van der Waals surface area contributed by atoms with Gasteiger partial charge in [0, 0.05) is 24.7 Å². The van der Waals surface area contributed by atoms with Gasteiger partial charge in [0.15, 0.2) is 5.69 Å². The van der Waals surface area contributed by atoms with Crippen molar-refractivity contribution in [3.63, 3.8) is 0 Å². The number of ether oxygens (including phenoxy) is 1. The van der Waals surface area contributed by atoms with Crippen molar-refractivity contribution in [2.24, 2.45) is 10.2 Å². The smallest absolute Gasteiger partial charge is 0.303 e. The van der Waals surface area contributed by atoms with Crippen LogP contribution in [0.15, 0.2) is 64.8 Å². The van der Waals surface area contributed by atoms with Gasteiger partial charge in [0.25, 0.3) is 5.69 Å².